The van der Waals surface area contributed by atoms with Gasteiger partial charge in [-0.15, -0.1) is 11.8 Å². The molecule has 74 valence electrons. The van der Waals surface area contributed by atoms with Crippen LogP contribution in [0.3, 0.4) is 0 Å². The summed E-state index contributed by atoms with van der Waals surface area (Å²) in [6.07, 6.45) is 0. The Bertz CT molecular complexity index is 514. The van der Waals surface area contributed by atoms with E-state index in [1.807, 2.05) is 11.8 Å². The Morgan fingerprint density at radius 1 is 1.00 bits per heavy atom. The van der Waals surface area contributed by atoms with Crippen molar-refractivity contribution in [2.75, 3.05) is 0 Å². The lowest BCUT2D eigenvalue weighted by atomic mass is 9.96. The largest absolute Gasteiger partial charge is 0.121 e. The summed E-state index contributed by atoms with van der Waals surface area (Å²) in [5.74, 6) is 1.10. The van der Waals surface area contributed by atoms with E-state index in [0.29, 0.717) is 0 Å². The number of aryl methyl sites for hydroxylation is 1. The maximum Gasteiger partial charge on any atom is 0.0238 e. The average molecular weight is 212 g/mol. The van der Waals surface area contributed by atoms with Crippen molar-refractivity contribution in [3.63, 3.8) is 0 Å². The molecule has 0 unspecified atom stereocenters. The van der Waals surface area contributed by atoms with Gasteiger partial charge in [-0.25, -0.2) is 0 Å². The zero-order valence-corrected chi connectivity index (χ0v) is 9.47. The van der Waals surface area contributed by atoms with Gasteiger partial charge in [0.05, 0.1) is 0 Å². The predicted octanol–water partition coefficient (Wildman–Crippen LogP) is 4.27. The van der Waals surface area contributed by atoms with Gasteiger partial charge >= 0.3 is 0 Å². The Morgan fingerprint density at radius 3 is 2.80 bits per heavy atom. The highest BCUT2D eigenvalue weighted by molar-refractivity contribution is 7.98. The molecule has 1 heteroatoms. The molecule has 0 aliphatic carbocycles. The molecular weight excluding hydrogens is 200 g/mol. The zero-order chi connectivity index (χ0) is 10.3. The van der Waals surface area contributed by atoms with E-state index in [2.05, 4.69) is 49.4 Å². The van der Waals surface area contributed by atoms with E-state index in [4.69, 9.17) is 0 Å². The first-order valence-electron chi connectivity index (χ1n) is 5.17. The van der Waals surface area contributed by atoms with Crippen LogP contribution in [0.5, 0.6) is 0 Å². The molecule has 1 aliphatic rings. The molecule has 15 heavy (non-hydrogen) atoms. The minimum absolute atomic E-state index is 1.10. The van der Waals surface area contributed by atoms with Crippen LogP contribution in [-0.2, 0) is 5.75 Å². The van der Waals surface area contributed by atoms with E-state index in [1.54, 1.807) is 0 Å². The summed E-state index contributed by atoms with van der Waals surface area (Å²) < 4.78 is 0. The molecule has 0 nitrogen and oxygen atoms in total. The van der Waals surface area contributed by atoms with Crippen molar-refractivity contribution in [3.05, 3.63) is 53.6 Å². The Kier molecular flexibility index (Phi) is 2.06. The molecule has 0 saturated heterocycles. The number of thioether (sulfide) groups is 1. The fraction of sp³-hybridized carbons (Fsp3) is 0.143. The van der Waals surface area contributed by atoms with E-state index >= 15 is 0 Å². The molecule has 1 heterocycles. The van der Waals surface area contributed by atoms with Crippen LogP contribution in [0.25, 0.3) is 11.1 Å². The van der Waals surface area contributed by atoms with Gasteiger partial charge < -0.3 is 0 Å². The summed E-state index contributed by atoms with van der Waals surface area (Å²) in [6.45, 7) is 2.20. The van der Waals surface area contributed by atoms with Gasteiger partial charge in [-0.05, 0) is 35.2 Å². The lowest BCUT2D eigenvalue weighted by Crippen LogP contribution is -1.97. The van der Waals surface area contributed by atoms with E-state index in [9.17, 15) is 0 Å². The third-order valence-corrected chi connectivity index (χ3v) is 4.01. The predicted molar refractivity (Wildman–Crippen MR) is 66.2 cm³/mol. The van der Waals surface area contributed by atoms with Gasteiger partial charge in [0.2, 0.25) is 0 Å². The van der Waals surface area contributed by atoms with Gasteiger partial charge in [-0.1, -0.05) is 36.4 Å². The van der Waals surface area contributed by atoms with Crippen LogP contribution in [0, 0.1) is 6.92 Å². The first kappa shape index (κ1) is 9.05. The number of benzene rings is 2. The molecule has 0 amide bonds. The summed E-state index contributed by atoms with van der Waals surface area (Å²) in [5, 5.41) is 0. The minimum atomic E-state index is 1.10. The fourth-order valence-electron chi connectivity index (χ4n) is 2.15. The lowest BCUT2D eigenvalue weighted by Gasteiger charge is -2.20. The van der Waals surface area contributed by atoms with E-state index in [-0.39, 0.29) is 0 Å². The van der Waals surface area contributed by atoms with Crippen molar-refractivity contribution < 1.29 is 0 Å². The van der Waals surface area contributed by atoms with E-state index in [0.717, 1.165) is 5.75 Å². The summed E-state index contributed by atoms with van der Waals surface area (Å²) in [4.78, 5) is 1.42. The monoisotopic (exact) mass is 212 g/mol. The van der Waals surface area contributed by atoms with Gasteiger partial charge in [-0.3, -0.25) is 0 Å². The van der Waals surface area contributed by atoms with Gasteiger partial charge in [-0.2, -0.15) is 0 Å². The summed E-state index contributed by atoms with van der Waals surface area (Å²) >= 11 is 1.95. The van der Waals surface area contributed by atoms with Crippen LogP contribution in [-0.4, -0.2) is 0 Å². The molecule has 1 aliphatic heterocycles. The van der Waals surface area contributed by atoms with Crippen LogP contribution in [0.2, 0.25) is 0 Å². The van der Waals surface area contributed by atoms with Crippen molar-refractivity contribution in [1.82, 2.24) is 0 Å². The highest BCUT2D eigenvalue weighted by Gasteiger charge is 2.16. The number of hydrogen-bond acceptors (Lipinski definition) is 1. The zero-order valence-electron chi connectivity index (χ0n) is 8.66. The fourth-order valence-corrected chi connectivity index (χ4v) is 3.30. The highest BCUT2D eigenvalue weighted by Crippen LogP contribution is 2.42. The third-order valence-electron chi connectivity index (χ3n) is 2.90. The highest BCUT2D eigenvalue weighted by atomic mass is 32.2. The normalized spacial score (nSPS) is 13.1. The van der Waals surface area contributed by atoms with Gasteiger partial charge in [0.25, 0.3) is 0 Å². The first-order valence-corrected chi connectivity index (χ1v) is 6.15. The van der Waals surface area contributed by atoms with Crippen molar-refractivity contribution in [3.8, 4) is 11.1 Å². The van der Waals surface area contributed by atoms with Crippen LogP contribution >= 0.6 is 11.8 Å². The maximum absolute atomic E-state index is 2.24. The Balaban J connectivity index is 2.33. The molecular formula is C14H12S. The van der Waals surface area contributed by atoms with Crippen LogP contribution in [0.1, 0.15) is 11.1 Å². The van der Waals surface area contributed by atoms with Crippen LogP contribution in [0.4, 0.5) is 0 Å². The molecule has 0 radical (unpaired) electrons. The molecule has 2 aromatic carbocycles. The van der Waals surface area contributed by atoms with Gasteiger partial charge in [0.1, 0.15) is 0 Å². The molecule has 3 rings (SSSR count). The number of fused-ring (bicyclic) bond motifs is 3. The smallest absolute Gasteiger partial charge is 0.0238 e. The third kappa shape index (κ3) is 1.38. The summed E-state index contributed by atoms with van der Waals surface area (Å²) in [5.41, 5.74) is 5.70. The average Bonchev–Trinajstić information content (AvgIpc) is 2.29. The minimum Gasteiger partial charge on any atom is -0.121 e. The van der Waals surface area contributed by atoms with Crippen LogP contribution in [0.15, 0.2) is 47.4 Å². The Labute approximate surface area is 94.3 Å². The van der Waals surface area contributed by atoms with Crippen molar-refractivity contribution in [2.45, 2.75) is 17.6 Å². The molecule has 0 N–H and O–H groups in total. The van der Waals surface area contributed by atoms with Gasteiger partial charge in [0.15, 0.2) is 0 Å². The molecule has 0 atom stereocenters. The van der Waals surface area contributed by atoms with Gasteiger partial charge in [0, 0.05) is 10.6 Å². The van der Waals surface area contributed by atoms with E-state index in [1.165, 1.54) is 27.1 Å². The molecule has 0 aromatic heterocycles. The number of hydrogen-bond donors (Lipinski definition) is 0. The second-order valence-electron chi connectivity index (χ2n) is 3.89. The molecule has 0 spiro atoms. The molecule has 0 saturated carbocycles. The Hall–Kier alpha value is -1.21. The van der Waals surface area contributed by atoms with Crippen molar-refractivity contribution >= 4 is 11.8 Å². The number of rotatable bonds is 0. The summed E-state index contributed by atoms with van der Waals surface area (Å²) in [6, 6.07) is 15.3. The second-order valence-corrected chi connectivity index (χ2v) is 4.91. The maximum atomic E-state index is 2.24. The van der Waals surface area contributed by atoms with E-state index < -0.39 is 0 Å². The first-order chi connectivity index (χ1) is 7.36. The second kappa shape index (κ2) is 3.42. The molecule has 0 fully saturated rings. The quantitative estimate of drug-likeness (QED) is 0.628. The van der Waals surface area contributed by atoms with Crippen molar-refractivity contribution in [1.29, 1.82) is 0 Å². The molecule has 2 aromatic rings. The van der Waals surface area contributed by atoms with Crippen molar-refractivity contribution in [2.24, 2.45) is 0 Å². The molecule has 0 bridgehead atoms. The Morgan fingerprint density at radius 2 is 1.87 bits per heavy atom. The lowest BCUT2D eigenvalue weighted by molar-refractivity contribution is 1.28. The topological polar surface area (TPSA) is 0 Å². The summed E-state index contributed by atoms with van der Waals surface area (Å²) in [7, 11) is 0. The standard InChI is InChI=1S/C14H12S/c1-10-5-4-8-13-14(10)12-7-3-2-6-11(12)9-15-13/h2-8H,9H2,1H3. The van der Waals surface area contributed by atoms with Crippen LogP contribution < -0.4 is 0 Å². The SMILES string of the molecule is Cc1cccc2c1-c1ccccc1CS2.